The summed E-state index contributed by atoms with van der Waals surface area (Å²) in [5.41, 5.74) is 4.89. The first-order chi connectivity index (χ1) is 18.6. The fraction of sp³-hybridized carbons (Fsp3) is 0.483. The van der Waals surface area contributed by atoms with Crippen molar-refractivity contribution in [1.82, 2.24) is 30.4 Å². The lowest BCUT2D eigenvalue weighted by molar-refractivity contribution is 0.0388. The zero-order chi connectivity index (χ0) is 26.3. The number of para-hydroxylation sites is 1. The van der Waals surface area contributed by atoms with Gasteiger partial charge in [0.25, 0.3) is 5.91 Å². The maximum atomic E-state index is 13.2. The zero-order valence-electron chi connectivity index (χ0n) is 22.2. The largest absolute Gasteiger partial charge is 0.379 e. The molecule has 2 aliphatic rings. The number of thiocarbonyl (C=S) groups is 1. The fourth-order valence-electron chi connectivity index (χ4n) is 5.44. The number of morpholine rings is 1. The summed E-state index contributed by atoms with van der Waals surface area (Å²) in [4.78, 5) is 26.0. The number of likely N-dealkylation sites (tertiary alicyclic amines) is 1. The van der Waals surface area contributed by atoms with E-state index in [1.165, 1.54) is 10.9 Å². The van der Waals surface area contributed by atoms with Gasteiger partial charge >= 0.3 is 0 Å². The summed E-state index contributed by atoms with van der Waals surface area (Å²) in [5, 5.41) is 8.60. The van der Waals surface area contributed by atoms with Crippen molar-refractivity contribution in [3.63, 3.8) is 0 Å². The summed E-state index contributed by atoms with van der Waals surface area (Å²) in [6.45, 7) is 9.74. The van der Waals surface area contributed by atoms with E-state index in [4.69, 9.17) is 21.9 Å². The van der Waals surface area contributed by atoms with E-state index in [0.29, 0.717) is 12.1 Å². The molecule has 5 rings (SSSR count). The predicted octanol–water partition coefficient (Wildman–Crippen LogP) is 3.23. The van der Waals surface area contributed by atoms with Crippen LogP contribution in [0, 0.1) is 6.92 Å². The quantitative estimate of drug-likeness (QED) is 0.383. The third kappa shape index (κ3) is 6.51. The Morgan fingerprint density at radius 1 is 1.08 bits per heavy atom. The number of H-pyrrole nitrogens is 1. The number of aromatic nitrogens is 2. The highest BCUT2D eigenvalue weighted by Gasteiger charge is 2.27. The number of carbonyl (C=O) groups excluding carboxylic acids is 1. The van der Waals surface area contributed by atoms with Gasteiger partial charge in [0.05, 0.1) is 24.5 Å². The van der Waals surface area contributed by atoms with Crippen molar-refractivity contribution >= 4 is 34.1 Å². The zero-order valence-corrected chi connectivity index (χ0v) is 23.0. The first-order valence-electron chi connectivity index (χ1n) is 13.7. The van der Waals surface area contributed by atoms with Crippen LogP contribution in [-0.2, 0) is 11.2 Å². The third-order valence-corrected chi connectivity index (χ3v) is 8.04. The van der Waals surface area contributed by atoms with Crippen molar-refractivity contribution in [2.75, 3.05) is 59.0 Å². The van der Waals surface area contributed by atoms with Gasteiger partial charge < -0.3 is 25.3 Å². The van der Waals surface area contributed by atoms with Crippen molar-refractivity contribution in [2.45, 2.75) is 32.1 Å². The highest BCUT2D eigenvalue weighted by molar-refractivity contribution is 7.80. The maximum Gasteiger partial charge on any atom is 0.253 e. The average Bonchev–Trinajstić information content (AvgIpc) is 3.36. The number of amides is 1. The topological polar surface area (TPSA) is 85.5 Å². The number of hydrogen-bond acceptors (Lipinski definition) is 5. The highest BCUT2D eigenvalue weighted by Crippen LogP contribution is 2.29. The summed E-state index contributed by atoms with van der Waals surface area (Å²) < 4.78 is 5.42. The van der Waals surface area contributed by atoms with Crippen molar-refractivity contribution in [2.24, 2.45) is 0 Å². The van der Waals surface area contributed by atoms with Crippen LogP contribution < -0.4 is 10.6 Å². The summed E-state index contributed by atoms with van der Waals surface area (Å²) >= 11 is 5.68. The third-order valence-electron chi connectivity index (χ3n) is 7.64. The van der Waals surface area contributed by atoms with Gasteiger partial charge in [-0.25, -0.2) is 0 Å². The van der Waals surface area contributed by atoms with Crippen molar-refractivity contribution in [1.29, 1.82) is 0 Å². The predicted molar refractivity (Wildman–Crippen MR) is 155 cm³/mol. The van der Waals surface area contributed by atoms with Gasteiger partial charge in [-0.1, -0.05) is 18.2 Å². The normalized spacial score (nSPS) is 17.0. The van der Waals surface area contributed by atoms with E-state index in [0.717, 1.165) is 93.8 Å². The lowest BCUT2D eigenvalue weighted by Crippen LogP contribution is -2.47. The van der Waals surface area contributed by atoms with Gasteiger partial charge in [-0.2, -0.15) is 0 Å². The number of aromatic amines is 1. The van der Waals surface area contributed by atoms with Crippen LogP contribution in [0.2, 0.25) is 0 Å². The lowest BCUT2D eigenvalue weighted by Gasteiger charge is -2.34. The average molecular weight is 535 g/mol. The molecule has 4 heterocycles. The minimum Gasteiger partial charge on any atom is -0.379 e. The Morgan fingerprint density at radius 2 is 1.87 bits per heavy atom. The van der Waals surface area contributed by atoms with Crippen molar-refractivity contribution in [3.05, 3.63) is 65.1 Å². The minimum atomic E-state index is -0.0462. The van der Waals surface area contributed by atoms with E-state index in [9.17, 15) is 4.79 Å². The van der Waals surface area contributed by atoms with Crippen LogP contribution >= 0.6 is 12.2 Å². The van der Waals surface area contributed by atoms with Crippen molar-refractivity contribution in [3.8, 4) is 0 Å². The minimum absolute atomic E-state index is 0.0462. The standard InChI is InChI=1S/C29H38N6O2S/c1-21-6-7-25(28(36)30-11-8-23-20-32-26-5-3-2-4-24(23)26)27(33-21)22-9-13-35(14-10-22)29(38)31-12-15-34-16-18-37-19-17-34/h2-7,20,22,32H,8-19H2,1H3,(H,30,36)(H,31,38). The second-order valence-corrected chi connectivity index (χ2v) is 10.6. The molecule has 0 spiro atoms. The van der Waals surface area contributed by atoms with Gasteiger partial charge in [0.1, 0.15) is 0 Å². The number of nitrogens with one attached hydrogen (secondary N) is 3. The second-order valence-electron chi connectivity index (χ2n) is 10.2. The Morgan fingerprint density at radius 3 is 2.68 bits per heavy atom. The summed E-state index contributed by atoms with van der Waals surface area (Å²) in [5.74, 6) is 0.201. The molecule has 1 amide bonds. The van der Waals surface area contributed by atoms with Crippen LogP contribution in [0.1, 0.15) is 46.1 Å². The molecule has 0 unspecified atom stereocenters. The molecule has 0 aliphatic carbocycles. The Bertz CT molecular complexity index is 1250. The number of fused-ring (bicyclic) bond motifs is 1. The van der Waals surface area contributed by atoms with E-state index in [1.807, 2.05) is 37.4 Å². The molecule has 2 fully saturated rings. The van der Waals surface area contributed by atoms with E-state index >= 15 is 0 Å². The molecule has 0 bridgehead atoms. The molecule has 9 heteroatoms. The Labute approximate surface area is 230 Å². The number of ether oxygens (including phenoxy) is 1. The molecular weight excluding hydrogens is 496 g/mol. The number of pyridine rings is 1. The number of nitrogens with zero attached hydrogens (tertiary/aromatic N) is 3. The van der Waals surface area contributed by atoms with Crippen LogP contribution in [-0.4, -0.2) is 89.8 Å². The molecule has 2 aromatic heterocycles. The number of benzene rings is 1. The number of piperidine rings is 1. The first-order valence-corrected chi connectivity index (χ1v) is 14.1. The van der Waals surface area contributed by atoms with Crippen LogP contribution in [0.5, 0.6) is 0 Å². The molecule has 0 radical (unpaired) electrons. The molecule has 8 nitrogen and oxygen atoms in total. The number of aryl methyl sites for hydroxylation is 1. The van der Waals surface area contributed by atoms with Crippen LogP contribution in [0.25, 0.3) is 10.9 Å². The van der Waals surface area contributed by atoms with Gasteiger partial charge in [0.15, 0.2) is 5.11 Å². The molecule has 0 atom stereocenters. The summed E-state index contributed by atoms with van der Waals surface area (Å²) in [6, 6.07) is 12.1. The first kappa shape index (κ1) is 26.6. The summed E-state index contributed by atoms with van der Waals surface area (Å²) in [7, 11) is 0. The molecule has 3 N–H and O–H groups in total. The number of hydrogen-bond donors (Lipinski definition) is 3. The molecule has 0 saturated carbocycles. The van der Waals surface area contributed by atoms with Crippen LogP contribution in [0.4, 0.5) is 0 Å². The van der Waals surface area contributed by atoms with E-state index < -0.39 is 0 Å². The maximum absolute atomic E-state index is 13.2. The number of rotatable bonds is 8. The molecule has 3 aromatic rings. The van der Waals surface area contributed by atoms with Gasteiger partial charge in [-0.3, -0.25) is 14.7 Å². The molecule has 38 heavy (non-hydrogen) atoms. The molecule has 2 aliphatic heterocycles. The monoisotopic (exact) mass is 534 g/mol. The SMILES string of the molecule is Cc1ccc(C(=O)NCCc2c[nH]c3ccccc23)c(C2CCN(C(=S)NCCN3CCOCC3)CC2)n1. The van der Waals surface area contributed by atoms with Gasteiger partial charge in [0.2, 0.25) is 0 Å². The summed E-state index contributed by atoms with van der Waals surface area (Å²) in [6.07, 6.45) is 4.67. The van der Waals surface area contributed by atoms with Gasteiger partial charge in [0, 0.05) is 74.5 Å². The molecule has 202 valence electrons. The van der Waals surface area contributed by atoms with E-state index in [2.05, 4.69) is 37.6 Å². The Kier molecular flexibility index (Phi) is 8.88. The molecule has 2 saturated heterocycles. The highest BCUT2D eigenvalue weighted by atomic mass is 32.1. The van der Waals surface area contributed by atoms with Crippen molar-refractivity contribution < 1.29 is 9.53 Å². The second kappa shape index (κ2) is 12.7. The number of carbonyl (C=O) groups is 1. The van der Waals surface area contributed by atoms with Crippen LogP contribution in [0.15, 0.2) is 42.6 Å². The Balaban J connectivity index is 1.13. The van der Waals surface area contributed by atoms with Gasteiger partial charge in [-0.05, 0) is 62.2 Å². The smallest absolute Gasteiger partial charge is 0.253 e. The molecular formula is C29H38N6O2S. The van der Waals surface area contributed by atoms with E-state index in [1.54, 1.807) is 0 Å². The Hall–Kier alpha value is -3.01. The van der Waals surface area contributed by atoms with E-state index in [-0.39, 0.29) is 11.8 Å². The lowest BCUT2D eigenvalue weighted by atomic mass is 9.90. The van der Waals surface area contributed by atoms with Gasteiger partial charge in [-0.15, -0.1) is 0 Å². The fourth-order valence-corrected chi connectivity index (χ4v) is 5.72. The van der Waals surface area contributed by atoms with Crippen LogP contribution in [0.3, 0.4) is 0 Å². The molecule has 1 aromatic carbocycles.